The number of H-pyrrole nitrogens is 1. The highest BCUT2D eigenvalue weighted by Crippen LogP contribution is 2.33. The lowest BCUT2D eigenvalue weighted by atomic mass is 10.0. The van der Waals surface area contributed by atoms with E-state index in [-0.39, 0.29) is 13.5 Å². The lowest BCUT2D eigenvalue weighted by Crippen LogP contribution is -2.44. The van der Waals surface area contributed by atoms with Gasteiger partial charge in [0.2, 0.25) is 0 Å². The molecule has 3 aromatic heterocycles. The summed E-state index contributed by atoms with van der Waals surface area (Å²) in [5.41, 5.74) is 4.03. The van der Waals surface area contributed by atoms with Gasteiger partial charge in [0.1, 0.15) is 11.5 Å². The number of aromatic amines is 1. The number of nitrogens with one attached hydrogen (secondary N) is 1. The van der Waals surface area contributed by atoms with E-state index in [4.69, 9.17) is 14.7 Å². The summed E-state index contributed by atoms with van der Waals surface area (Å²) in [7, 11) is -3.43. The number of aromatic nitrogens is 4. The van der Waals surface area contributed by atoms with Crippen molar-refractivity contribution < 1.29 is 13.2 Å². The predicted octanol–water partition coefficient (Wildman–Crippen LogP) is 5.04. The van der Waals surface area contributed by atoms with Gasteiger partial charge in [-0.1, -0.05) is 13.5 Å². The Morgan fingerprint density at radius 3 is 2.67 bits per heavy atom. The summed E-state index contributed by atoms with van der Waals surface area (Å²) in [5, 5.41) is 0.418. The molecule has 1 aliphatic rings. The third-order valence-corrected chi connectivity index (χ3v) is 8.66. The molecule has 0 amide bonds. The van der Waals surface area contributed by atoms with Gasteiger partial charge in [-0.05, 0) is 57.5 Å². The molecule has 0 aliphatic carbocycles. The maximum absolute atomic E-state index is 12.9. The maximum Gasteiger partial charge on any atom is 0.180 e. The van der Waals surface area contributed by atoms with Gasteiger partial charge in [0.25, 0.3) is 0 Å². The summed E-state index contributed by atoms with van der Waals surface area (Å²) < 4.78 is 31.5. The van der Waals surface area contributed by atoms with Crippen molar-refractivity contribution in [2.75, 3.05) is 24.7 Å². The van der Waals surface area contributed by atoms with Gasteiger partial charge in [-0.3, -0.25) is 0 Å². The molecule has 36 heavy (non-hydrogen) atoms. The average molecular weight is 508 g/mol. The molecular formula is C27H33N5O3S. The fraction of sp³-hybridized carbons (Fsp3) is 0.370. The Morgan fingerprint density at radius 2 is 1.92 bits per heavy atom. The number of benzene rings is 1. The van der Waals surface area contributed by atoms with Gasteiger partial charge in [-0.2, -0.15) is 0 Å². The van der Waals surface area contributed by atoms with Gasteiger partial charge >= 0.3 is 0 Å². The number of anilines is 1. The molecule has 4 heterocycles. The van der Waals surface area contributed by atoms with Crippen molar-refractivity contribution in [3.8, 4) is 22.6 Å². The molecule has 0 radical (unpaired) electrons. The van der Waals surface area contributed by atoms with Gasteiger partial charge in [0.05, 0.1) is 35.1 Å². The van der Waals surface area contributed by atoms with Crippen LogP contribution in [0.3, 0.4) is 0 Å². The molecule has 1 saturated heterocycles. The largest absolute Gasteiger partial charge is 0.377 e. The van der Waals surface area contributed by atoms with Crippen LogP contribution in [0.5, 0.6) is 0 Å². The third-order valence-electron chi connectivity index (χ3n) is 6.51. The minimum absolute atomic E-state index is 0. The van der Waals surface area contributed by atoms with E-state index in [0.29, 0.717) is 36.2 Å². The summed E-state index contributed by atoms with van der Waals surface area (Å²) >= 11 is 0. The molecule has 0 saturated carbocycles. The van der Waals surface area contributed by atoms with Gasteiger partial charge in [0, 0.05) is 41.5 Å². The van der Waals surface area contributed by atoms with Gasteiger partial charge in [0.15, 0.2) is 15.7 Å². The van der Waals surface area contributed by atoms with Crippen LogP contribution in [0.25, 0.3) is 33.7 Å². The van der Waals surface area contributed by atoms with E-state index >= 15 is 0 Å². The van der Waals surface area contributed by atoms with Crippen molar-refractivity contribution in [2.45, 2.75) is 51.3 Å². The first-order valence-corrected chi connectivity index (χ1v) is 13.3. The lowest BCUT2D eigenvalue weighted by Gasteiger charge is -2.34. The van der Waals surface area contributed by atoms with Crippen molar-refractivity contribution in [1.29, 1.82) is 0 Å². The van der Waals surface area contributed by atoms with Crippen LogP contribution < -0.4 is 4.90 Å². The van der Waals surface area contributed by atoms with Crippen LogP contribution >= 0.6 is 0 Å². The molecule has 1 fully saturated rings. The quantitative estimate of drug-likeness (QED) is 0.404. The smallest absolute Gasteiger partial charge is 0.180 e. The predicted molar refractivity (Wildman–Crippen MR) is 144 cm³/mol. The van der Waals surface area contributed by atoms with Crippen molar-refractivity contribution >= 4 is 26.7 Å². The molecule has 4 aromatic rings. The first kappa shape index (κ1) is 25.8. The van der Waals surface area contributed by atoms with Crippen LogP contribution in [-0.4, -0.2) is 59.4 Å². The second-order valence-corrected chi connectivity index (χ2v) is 11.7. The second-order valence-electron chi connectivity index (χ2n) is 9.22. The topological polar surface area (TPSA) is 101 Å². The minimum Gasteiger partial charge on any atom is -0.377 e. The monoisotopic (exact) mass is 507 g/mol. The Morgan fingerprint density at radius 1 is 1.11 bits per heavy atom. The normalized spacial score (nSPS) is 16.4. The maximum atomic E-state index is 12.9. The number of pyridine rings is 1. The molecule has 1 N–H and O–H groups in total. The molecule has 0 bridgehead atoms. The lowest BCUT2D eigenvalue weighted by molar-refractivity contribution is 0.0985. The Bertz CT molecular complexity index is 1500. The summed E-state index contributed by atoms with van der Waals surface area (Å²) in [5.74, 6) is 1.36. The number of nitrogens with zero attached hydrogens (tertiary/aromatic N) is 4. The number of hydrogen-bond donors (Lipinski definition) is 1. The number of ether oxygens (including phenoxy) is 1. The third kappa shape index (κ3) is 4.60. The molecule has 0 unspecified atom stereocenters. The zero-order chi connectivity index (χ0) is 24.7. The number of hydrogen-bond acceptors (Lipinski definition) is 7. The van der Waals surface area contributed by atoms with Crippen LogP contribution in [0.4, 0.5) is 5.82 Å². The number of fused-ring (bicyclic) bond motifs is 1. The standard InChI is InChI=1S/C26H29N5O3S.CH4/c1-16(2)35(32,33)19-6-5-17(3)22(13-19)23-14-24(31-11-12-34-15-18(31)4)30-26(29-23)21-8-10-28-25-20(21)7-9-27-25;/h5-10,13-14,16,18H,11-12,15H2,1-4H3,(H,27,28);1H4/t18-;/m1./s1. The Hall–Kier alpha value is -3.30. The van der Waals surface area contributed by atoms with Gasteiger partial charge in [-0.25, -0.2) is 23.4 Å². The minimum atomic E-state index is -3.43. The molecule has 1 atom stereocenters. The fourth-order valence-corrected chi connectivity index (χ4v) is 5.47. The van der Waals surface area contributed by atoms with Crippen LogP contribution in [-0.2, 0) is 14.6 Å². The highest BCUT2D eigenvalue weighted by molar-refractivity contribution is 7.92. The van der Waals surface area contributed by atoms with Crippen LogP contribution in [0.2, 0.25) is 0 Å². The Labute approximate surface area is 212 Å². The van der Waals surface area contributed by atoms with Gasteiger partial charge in [-0.15, -0.1) is 0 Å². The summed E-state index contributed by atoms with van der Waals surface area (Å²) in [6.07, 6.45) is 3.59. The van der Waals surface area contributed by atoms with E-state index in [9.17, 15) is 8.42 Å². The van der Waals surface area contributed by atoms with Gasteiger partial charge < -0.3 is 14.6 Å². The zero-order valence-corrected chi connectivity index (χ0v) is 21.1. The first-order valence-electron chi connectivity index (χ1n) is 11.8. The molecule has 190 valence electrons. The fourth-order valence-electron chi connectivity index (χ4n) is 4.39. The van der Waals surface area contributed by atoms with E-state index in [2.05, 4.69) is 21.8 Å². The highest BCUT2D eigenvalue weighted by Gasteiger charge is 2.24. The van der Waals surface area contributed by atoms with Crippen LogP contribution in [0.15, 0.2) is 53.7 Å². The second kappa shape index (κ2) is 9.99. The number of rotatable bonds is 5. The summed E-state index contributed by atoms with van der Waals surface area (Å²) in [6.45, 7) is 9.43. The van der Waals surface area contributed by atoms with E-state index in [0.717, 1.165) is 33.5 Å². The van der Waals surface area contributed by atoms with E-state index < -0.39 is 15.1 Å². The average Bonchev–Trinajstić information content (AvgIpc) is 3.33. The van der Waals surface area contributed by atoms with Crippen LogP contribution in [0.1, 0.15) is 33.8 Å². The van der Waals surface area contributed by atoms with Crippen molar-refractivity contribution in [1.82, 2.24) is 19.9 Å². The SMILES string of the molecule is C.Cc1ccc(S(=O)(=O)C(C)C)cc1-c1cc(N2CCOC[C@H]2C)nc(-c2ccnc3[nH]ccc23)n1. The summed E-state index contributed by atoms with van der Waals surface area (Å²) in [6, 6.07) is 11.2. The van der Waals surface area contributed by atoms with Crippen molar-refractivity contribution in [3.05, 3.63) is 54.4 Å². The Balaban J connectivity index is 0.00000304. The van der Waals surface area contributed by atoms with Crippen LogP contribution in [0, 0.1) is 6.92 Å². The zero-order valence-electron chi connectivity index (χ0n) is 20.3. The molecule has 5 rings (SSSR count). The molecular weight excluding hydrogens is 474 g/mol. The number of morpholine rings is 1. The highest BCUT2D eigenvalue weighted by atomic mass is 32.2. The molecule has 1 aromatic carbocycles. The van der Waals surface area contributed by atoms with E-state index in [1.54, 1.807) is 32.2 Å². The molecule has 0 spiro atoms. The van der Waals surface area contributed by atoms with Crippen molar-refractivity contribution in [3.63, 3.8) is 0 Å². The Kier molecular flexibility index (Phi) is 7.15. The first-order chi connectivity index (χ1) is 16.8. The van der Waals surface area contributed by atoms with E-state index in [1.807, 2.05) is 37.4 Å². The van der Waals surface area contributed by atoms with E-state index in [1.165, 1.54) is 0 Å². The van der Waals surface area contributed by atoms with Crippen molar-refractivity contribution in [2.24, 2.45) is 0 Å². The molecule has 9 heteroatoms. The number of sulfone groups is 1. The summed E-state index contributed by atoms with van der Waals surface area (Å²) in [4.78, 5) is 20.0. The number of aryl methyl sites for hydroxylation is 1. The molecule has 8 nitrogen and oxygen atoms in total. The molecule has 1 aliphatic heterocycles.